The largest absolute Gasteiger partial charge is 0.465 e. The minimum Gasteiger partial charge on any atom is -0.465 e. The topological polar surface area (TPSA) is 57.0 Å². The molecule has 16 heavy (non-hydrogen) atoms. The monoisotopic (exact) mass is 281 g/mol. The van der Waals surface area contributed by atoms with Gasteiger partial charge in [0.1, 0.15) is 12.7 Å². The maximum atomic E-state index is 11.6. The fourth-order valence-corrected chi connectivity index (χ4v) is 1.69. The summed E-state index contributed by atoms with van der Waals surface area (Å²) in [6.45, 7) is 0. The summed E-state index contributed by atoms with van der Waals surface area (Å²) in [7, 11) is 1.35. The van der Waals surface area contributed by atoms with Crippen molar-refractivity contribution in [2.45, 2.75) is 0 Å². The lowest BCUT2D eigenvalue weighted by molar-refractivity contribution is 0.0600. The first-order valence-electron chi connectivity index (χ1n) is 4.45. The number of carbonyl (C=O) groups is 1. The van der Waals surface area contributed by atoms with E-state index in [0.29, 0.717) is 11.3 Å². The van der Waals surface area contributed by atoms with E-state index < -0.39 is 5.97 Å². The second kappa shape index (κ2) is 4.44. The molecule has 0 saturated heterocycles. The van der Waals surface area contributed by atoms with Crippen LogP contribution in [0.4, 0.5) is 0 Å². The normalized spacial score (nSPS) is 10.1. The van der Waals surface area contributed by atoms with Gasteiger partial charge < -0.3 is 4.74 Å². The van der Waals surface area contributed by atoms with Crippen molar-refractivity contribution in [3.63, 3.8) is 0 Å². The van der Waals surface area contributed by atoms with E-state index in [0.717, 1.165) is 4.47 Å². The molecule has 0 unspecified atom stereocenters. The van der Waals surface area contributed by atoms with Crippen LogP contribution in [-0.4, -0.2) is 27.8 Å². The second-order valence-corrected chi connectivity index (χ2v) is 3.94. The number of hydrogen-bond donors (Lipinski definition) is 0. The SMILES string of the molecule is COC(=O)c1cc(Br)ccc1-n1cnnc1. The third-order valence-electron chi connectivity index (χ3n) is 2.06. The summed E-state index contributed by atoms with van der Waals surface area (Å²) >= 11 is 3.31. The van der Waals surface area contributed by atoms with Crippen LogP contribution in [0.2, 0.25) is 0 Å². The van der Waals surface area contributed by atoms with Gasteiger partial charge in [-0.3, -0.25) is 4.57 Å². The van der Waals surface area contributed by atoms with E-state index >= 15 is 0 Å². The zero-order valence-corrected chi connectivity index (χ0v) is 10.0. The lowest BCUT2D eigenvalue weighted by atomic mass is 10.2. The van der Waals surface area contributed by atoms with Gasteiger partial charge in [0.25, 0.3) is 0 Å². The number of nitrogens with zero attached hydrogens (tertiary/aromatic N) is 3. The van der Waals surface area contributed by atoms with E-state index in [1.54, 1.807) is 16.7 Å². The third-order valence-corrected chi connectivity index (χ3v) is 2.55. The average molecular weight is 282 g/mol. The van der Waals surface area contributed by atoms with Crippen LogP contribution in [0.1, 0.15) is 10.4 Å². The second-order valence-electron chi connectivity index (χ2n) is 3.02. The summed E-state index contributed by atoms with van der Waals surface area (Å²) < 4.78 is 7.18. The lowest BCUT2D eigenvalue weighted by Crippen LogP contribution is -2.07. The summed E-state index contributed by atoms with van der Waals surface area (Å²) in [6.07, 6.45) is 3.05. The number of esters is 1. The van der Waals surface area contributed by atoms with Crippen molar-refractivity contribution in [2.24, 2.45) is 0 Å². The quantitative estimate of drug-likeness (QED) is 0.788. The molecule has 1 heterocycles. The molecule has 0 atom stereocenters. The van der Waals surface area contributed by atoms with Gasteiger partial charge >= 0.3 is 5.97 Å². The van der Waals surface area contributed by atoms with E-state index in [-0.39, 0.29) is 0 Å². The van der Waals surface area contributed by atoms with E-state index in [4.69, 9.17) is 4.74 Å². The van der Waals surface area contributed by atoms with Gasteiger partial charge in [0.15, 0.2) is 0 Å². The van der Waals surface area contributed by atoms with Gasteiger partial charge in [-0.1, -0.05) is 15.9 Å². The fourth-order valence-electron chi connectivity index (χ4n) is 1.33. The number of methoxy groups -OCH3 is 1. The van der Waals surface area contributed by atoms with Crippen molar-refractivity contribution in [1.82, 2.24) is 14.8 Å². The smallest absolute Gasteiger partial charge is 0.340 e. The number of benzene rings is 1. The van der Waals surface area contributed by atoms with Crippen LogP contribution in [-0.2, 0) is 4.74 Å². The highest BCUT2D eigenvalue weighted by atomic mass is 79.9. The predicted molar refractivity (Wildman–Crippen MR) is 60.4 cm³/mol. The molecule has 82 valence electrons. The van der Waals surface area contributed by atoms with E-state index in [9.17, 15) is 4.79 Å². The van der Waals surface area contributed by atoms with Gasteiger partial charge in [-0.05, 0) is 18.2 Å². The molecule has 5 nitrogen and oxygen atoms in total. The van der Waals surface area contributed by atoms with E-state index in [2.05, 4.69) is 26.1 Å². The molecule has 0 spiro atoms. The highest BCUT2D eigenvalue weighted by Crippen LogP contribution is 2.20. The number of carbonyl (C=O) groups excluding carboxylic acids is 1. The Morgan fingerprint density at radius 1 is 1.38 bits per heavy atom. The number of aromatic nitrogens is 3. The van der Waals surface area contributed by atoms with Gasteiger partial charge in [-0.15, -0.1) is 10.2 Å². The van der Waals surface area contributed by atoms with Crippen molar-refractivity contribution in [3.05, 3.63) is 40.9 Å². The van der Waals surface area contributed by atoms with Gasteiger partial charge in [-0.25, -0.2) is 4.79 Å². The Bertz CT molecular complexity index is 511. The minimum absolute atomic E-state index is 0.398. The summed E-state index contributed by atoms with van der Waals surface area (Å²) in [6, 6.07) is 5.32. The Hall–Kier alpha value is -1.69. The van der Waals surface area contributed by atoms with Crippen LogP contribution in [0, 0.1) is 0 Å². The molecule has 0 aliphatic carbocycles. The van der Waals surface area contributed by atoms with Crippen LogP contribution < -0.4 is 0 Å². The van der Waals surface area contributed by atoms with Crippen LogP contribution in [0.3, 0.4) is 0 Å². The Balaban J connectivity index is 2.57. The zero-order chi connectivity index (χ0) is 11.5. The first kappa shape index (κ1) is 10.8. The minimum atomic E-state index is -0.398. The van der Waals surface area contributed by atoms with Crippen molar-refractivity contribution in [3.8, 4) is 5.69 Å². The van der Waals surface area contributed by atoms with Gasteiger partial charge in [-0.2, -0.15) is 0 Å². The van der Waals surface area contributed by atoms with Crippen molar-refractivity contribution >= 4 is 21.9 Å². The first-order chi connectivity index (χ1) is 7.72. The van der Waals surface area contributed by atoms with Gasteiger partial charge in [0.05, 0.1) is 18.4 Å². The van der Waals surface area contributed by atoms with Crippen molar-refractivity contribution < 1.29 is 9.53 Å². The number of rotatable bonds is 2. The molecule has 0 radical (unpaired) electrons. The summed E-state index contributed by atoms with van der Waals surface area (Å²) in [5, 5.41) is 7.39. The molecule has 0 bridgehead atoms. The highest BCUT2D eigenvalue weighted by molar-refractivity contribution is 9.10. The maximum Gasteiger partial charge on any atom is 0.340 e. The Morgan fingerprint density at radius 2 is 2.06 bits per heavy atom. The Morgan fingerprint density at radius 3 is 2.69 bits per heavy atom. The van der Waals surface area contributed by atoms with Crippen molar-refractivity contribution in [1.29, 1.82) is 0 Å². The standard InChI is InChI=1S/C10H8BrN3O2/c1-16-10(15)8-4-7(11)2-3-9(8)14-5-12-13-6-14/h2-6H,1H3. The molecule has 0 fully saturated rings. The molecule has 0 aliphatic rings. The van der Waals surface area contributed by atoms with Crippen LogP contribution >= 0.6 is 15.9 Å². The lowest BCUT2D eigenvalue weighted by Gasteiger charge is -2.08. The van der Waals surface area contributed by atoms with E-state index in [1.807, 2.05) is 6.07 Å². The van der Waals surface area contributed by atoms with E-state index in [1.165, 1.54) is 19.8 Å². The molecule has 0 aliphatic heterocycles. The highest BCUT2D eigenvalue weighted by Gasteiger charge is 2.13. The first-order valence-corrected chi connectivity index (χ1v) is 5.24. The zero-order valence-electron chi connectivity index (χ0n) is 8.42. The predicted octanol–water partition coefficient (Wildman–Crippen LogP) is 1.82. The molecular weight excluding hydrogens is 274 g/mol. The molecule has 2 rings (SSSR count). The molecular formula is C10H8BrN3O2. The molecule has 0 amide bonds. The van der Waals surface area contributed by atoms with Gasteiger partial charge in [0.2, 0.25) is 0 Å². The molecule has 1 aromatic heterocycles. The molecule has 6 heteroatoms. The van der Waals surface area contributed by atoms with Gasteiger partial charge in [0, 0.05) is 4.47 Å². The number of halogens is 1. The summed E-state index contributed by atoms with van der Waals surface area (Å²) in [5.74, 6) is -0.398. The molecule has 1 aromatic carbocycles. The Kier molecular flexibility index (Phi) is 3.00. The number of hydrogen-bond acceptors (Lipinski definition) is 4. The molecule has 2 aromatic rings. The maximum absolute atomic E-state index is 11.6. The molecule has 0 N–H and O–H groups in total. The third kappa shape index (κ3) is 1.96. The average Bonchev–Trinajstić information content (AvgIpc) is 2.81. The summed E-state index contributed by atoms with van der Waals surface area (Å²) in [5.41, 5.74) is 1.14. The summed E-state index contributed by atoms with van der Waals surface area (Å²) in [4.78, 5) is 11.6. The number of ether oxygens (including phenoxy) is 1. The Labute approximate surface area is 100 Å². The van der Waals surface area contributed by atoms with Crippen molar-refractivity contribution in [2.75, 3.05) is 7.11 Å². The van der Waals surface area contributed by atoms with Crippen LogP contribution in [0.25, 0.3) is 5.69 Å². The fraction of sp³-hybridized carbons (Fsp3) is 0.100. The van der Waals surface area contributed by atoms with Crippen LogP contribution in [0.5, 0.6) is 0 Å². The van der Waals surface area contributed by atoms with Crippen LogP contribution in [0.15, 0.2) is 35.3 Å². The molecule has 0 saturated carbocycles.